The van der Waals surface area contributed by atoms with Crippen LogP contribution in [-0.4, -0.2) is 48.6 Å². The summed E-state index contributed by atoms with van der Waals surface area (Å²) in [6, 6.07) is 8.60. The van der Waals surface area contributed by atoms with Gasteiger partial charge >= 0.3 is 0 Å². The van der Waals surface area contributed by atoms with Gasteiger partial charge in [-0.25, -0.2) is 20.0 Å². The second kappa shape index (κ2) is 23.7. The van der Waals surface area contributed by atoms with E-state index in [0.29, 0.717) is 13.1 Å². The number of hydrogen-bond acceptors (Lipinski definition) is 6. The zero-order chi connectivity index (χ0) is 22.4. The molecule has 2 aliphatic rings. The minimum absolute atomic E-state index is 0. The summed E-state index contributed by atoms with van der Waals surface area (Å²) in [5.41, 5.74) is 4.99. The van der Waals surface area contributed by atoms with Crippen LogP contribution in [0.1, 0.15) is 24.0 Å². The minimum Gasteiger partial charge on any atom is -1.00 e. The van der Waals surface area contributed by atoms with E-state index in [1.807, 2.05) is 25.1 Å². The van der Waals surface area contributed by atoms with E-state index in [0.717, 1.165) is 36.3 Å². The van der Waals surface area contributed by atoms with Crippen molar-refractivity contribution in [3.05, 3.63) is 59.2 Å². The Balaban J connectivity index is 0. The molecule has 14 heteroatoms. The number of hydrogen-bond donors (Lipinski definition) is 4. The molecule has 0 saturated heterocycles. The van der Waals surface area contributed by atoms with Gasteiger partial charge in [-0.1, -0.05) is 47.8 Å². The third kappa shape index (κ3) is 15.4. The molecule has 0 radical (unpaired) electrons. The van der Waals surface area contributed by atoms with Crippen molar-refractivity contribution in [2.45, 2.75) is 25.9 Å². The fourth-order valence-electron chi connectivity index (χ4n) is 3.25. The molecule has 2 aliphatic heterocycles. The number of nitrogens with zero attached hydrogens (tertiary/aromatic N) is 4. The van der Waals surface area contributed by atoms with Gasteiger partial charge in [-0.3, -0.25) is 21.3 Å². The highest BCUT2D eigenvalue weighted by molar-refractivity contribution is 8.12. The van der Waals surface area contributed by atoms with Gasteiger partial charge in [-0.15, -0.1) is 0 Å². The molecule has 36 heavy (non-hydrogen) atoms. The van der Waals surface area contributed by atoms with E-state index in [4.69, 9.17) is 9.98 Å². The number of rotatable bonds is 10. The quantitative estimate of drug-likeness (QED) is 0.106. The molecule has 0 bridgehead atoms. The molecule has 202 valence electrons. The molecule has 3 rings (SSSR count). The summed E-state index contributed by atoms with van der Waals surface area (Å²) in [4.78, 5) is 17.8. The summed E-state index contributed by atoms with van der Waals surface area (Å²) in [5.74, 6) is 0. The summed E-state index contributed by atoms with van der Waals surface area (Å²) in [5, 5.41) is 10.8. The third-order valence-corrected chi connectivity index (χ3v) is 6.41. The van der Waals surface area contributed by atoms with Gasteiger partial charge in [0.15, 0.2) is 12.7 Å². The monoisotopic (exact) mass is 982 g/mol. The molecule has 0 unspecified atom stereocenters. The fraction of sp³-hybridized carbons (Fsp3) is 0.364. The lowest BCUT2D eigenvalue weighted by atomic mass is 10.1. The van der Waals surface area contributed by atoms with E-state index in [9.17, 15) is 0 Å². The van der Waals surface area contributed by atoms with Crippen molar-refractivity contribution in [3.63, 3.8) is 0 Å². The van der Waals surface area contributed by atoms with Gasteiger partial charge in [0.1, 0.15) is 11.4 Å². The van der Waals surface area contributed by atoms with E-state index in [1.165, 1.54) is 22.5 Å². The van der Waals surface area contributed by atoms with Gasteiger partial charge in [-0.2, -0.15) is 0 Å². The van der Waals surface area contributed by atoms with Crippen LogP contribution in [-0.2, 0) is 13.1 Å². The van der Waals surface area contributed by atoms with Crippen molar-refractivity contribution >= 4 is 46.5 Å². The summed E-state index contributed by atoms with van der Waals surface area (Å²) < 4.78 is 0. The van der Waals surface area contributed by atoms with Crippen molar-refractivity contribution in [1.82, 2.24) is 0 Å². The molecule has 0 saturated carbocycles. The second-order valence-corrected chi connectivity index (χ2v) is 9.01. The summed E-state index contributed by atoms with van der Waals surface area (Å²) in [6.45, 7) is 3.35. The van der Waals surface area contributed by atoms with Crippen molar-refractivity contribution in [2.24, 2.45) is 20.0 Å². The van der Waals surface area contributed by atoms with Crippen molar-refractivity contribution in [3.8, 4) is 0 Å². The second-order valence-electron chi connectivity index (χ2n) is 7.36. The SMILES string of the molecule is CSC(=NCc1cccc(CN=C([NH2+]CCC2=CN=C[NH2+]2)SC)c1)[NH2+]CCC1=CN=C[NH2+]1.[I-].[I-].[I-].[I-]. The molecule has 0 atom stereocenters. The maximum absolute atomic E-state index is 4.81. The zero-order valence-corrected chi connectivity index (χ0v) is 30.6. The van der Waals surface area contributed by atoms with Crippen LogP contribution in [0, 0.1) is 0 Å². The van der Waals surface area contributed by atoms with Crippen LogP contribution < -0.4 is 117 Å². The van der Waals surface area contributed by atoms with Crippen LogP contribution in [0.3, 0.4) is 0 Å². The highest BCUT2D eigenvalue weighted by Gasteiger charge is 2.10. The lowest BCUT2D eigenvalue weighted by Crippen LogP contribution is -3.00. The van der Waals surface area contributed by atoms with Gasteiger partial charge in [0.2, 0.25) is 0 Å². The van der Waals surface area contributed by atoms with Gasteiger partial charge < -0.3 is 95.9 Å². The van der Waals surface area contributed by atoms with Crippen LogP contribution >= 0.6 is 23.5 Å². The molecule has 0 aliphatic carbocycles. The Bertz CT molecular complexity index is 880. The van der Waals surface area contributed by atoms with Crippen molar-refractivity contribution < 1.29 is 117 Å². The lowest BCUT2D eigenvalue weighted by molar-refractivity contribution is -0.543. The Morgan fingerprint density at radius 1 is 0.778 bits per heavy atom. The molecule has 1 aromatic carbocycles. The van der Waals surface area contributed by atoms with Crippen LogP contribution in [0.15, 0.2) is 68.0 Å². The number of benzene rings is 1. The van der Waals surface area contributed by atoms with Gasteiger partial charge in [0.05, 0.1) is 51.4 Å². The maximum Gasteiger partial charge on any atom is 0.255 e. The van der Waals surface area contributed by atoms with Gasteiger partial charge in [-0.05, 0) is 23.6 Å². The Morgan fingerprint density at radius 2 is 1.22 bits per heavy atom. The molecule has 0 amide bonds. The average molecular weight is 982 g/mol. The molecule has 2 heterocycles. The molecular weight excluding hydrogens is 948 g/mol. The van der Waals surface area contributed by atoms with E-state index in [-0.39, 0.29) is 95.9 Å². The Labute approximate surface area is 290 Å². The Morgan fingerprint density at radius 3 is 1.58 bits per heavy atom. The number of thioether (sulfide) groups is 2. The fourth-order valence-corrected chi connectivity index (χ4v) is 4.21. The molecule has 0 fully saturated rings. The molecule has 1 aromatic rings. The maximum atomic E-state index is 4.81. The largest absolute Gasteiger partial charge is 1.00 e. The smallest absolute Gasteiger partial charge is 0.255 e. The highest BCUT2D eigenvalue weighted by atomic mass is 127. The lowest BCUT2D eigenvalue weighted by Gasteiger charge is -2.05. The summed E-state index contributed by atoms with van der Waals surface area (Å²) in [6.07, 6.45) is 13.7. The summed E-state index contributed by atoms with van der Waals surface area (Å²) >= 11 is 3.40. The molecule has 0 aromatic heterocycles. The Kier molecular flexibility index (Phi) is 25.7. The van der Waals surface area contributed by atoms with Crippen LogP contribution in [0.5, 0.6) is 0 Å². The molecule has 0 spiro atoms. The van der Waals surface area contributed by atoms with E-state index >= 15 is 0 Å². The standard InChI is InChI=1S/C22H30N8S2.4HI/c1-31-21(25-8-6-19-13-23-15-29-19)27-11-17-4-3-5-18(10-17)12-28-22(32-2)26-9-7-20-14-24-16-30-20;;;;/h3-5,10,13-16H,6-9,11-12H2,1-2H3,(H,23,29)(H,24,30)(H,25,27)(H,26,28);4*1H. The van der Waals surface area contributed by atoms with E-state index in [2.05, 4.69) is 68.0 Å². The Hall–Kier alpha value is 0.840. The topological polar surface area (TPSA) is 116 Å². The molecule has 8 nitrogen and oxygen atoms in total. The molecular formula is C22H34I4N8S2. The van der Waals surface area contributed by atoms with Crippen LogP contribution in [0.4, 0.5) is 0 Å². The number of amidine groups is 2. The number of quaternary nitrogens is 4. The summed E-state index contributed by atoms with van der Waals surface area (Å²) in [7, 11) is 0. The van der Waals surface area contributed by atoms with Crippen molar-refractivity contribution in [2.75, 3.05) is 25.6 Å². The van der Waals surface area contributed by atoms with E-state index < -0.39 is 0 Å². The number of aliphatic imine (C=N–C) groups is 4. The van der Waals surface area contributed by atoms with Gasteiger partial charge in [0, 0.05) is 0 Å². The molecule has 8 N–H and O–H groups in total. The first-order chi connectivity index (χ1) is 15.8. The minimum atomic E-state index is 0. The average Bonchev–Trinajstić information content (AvgIpc) is 3.53. The van der Waals surface area contributed by atoms with Crippen LogP contribution in [0.2, 0.25) is 0 Å². The highest BCUT2D eigenvalue weighted by Crippen LogP contribution is 2.09. The van der Waals surface area contributed by atoms with Gasteiger partial charge in [0.25, 0.3) is 10.3 Å². The number of halogens is 4. The predicted molar refractivity (Wildman–Crippen MR) is 136 cm³/mol. The van der Waals surface area contributed by atoms with Crippen molar-refractivity contribution in [1.29, 1.82) is 0 Å². The first kappa shape index (κ1) is 39.0. The van der Waals surface area contributed by atoms with E-state index in [1.54, 1.807) is 23.5 Å². The predicted octanol–water partition coefficient (Wildman–Crippen LogP) is -13.1. The van der Waals surface area contributed by atoms with Crippen LogP contribution in [0.25, 0.3) is 0 Å². The normalized spacial score (nSPS) is 14.3. The zero-order valence-electron chi connectivity index (χ0n) is 20.3. The first-order valence-electron chi connectivity index (χ1n) is 10.8. The first-order valence-corrected chi connectivity index (χ1v) is 13.2. The number of nitrogens with two attached hydrogens (primary N) is 4. The third-order valence-electron chi connectivity index (χ3n) is 4.98.